The van der Waals surface area contributed by atoms with E-state index in [9.17, 15) is 0 Å². The summed E-state index contributed by atoms with van der Waals surface area (Å²) in [4.78, 5) is 8.55. The van der Waals surface area contributed by atoms with Crippen molar-refractivity contribution in [3.63, 3.8) is 0 Å². The van der Waals surface area contributed by atoms with E-state index in [0.29, 0.717) is 0 Å². The standard InChI is InChI=1S/C13H18N4/c1-2-14-5-6-15-10-11-3-4-12-13(9-11)17-8-7-16-12/h3-4,7-9,14-15H,2,5-6,10H2,1H3. The number of rotatable bonds is 6. The maximum absolute atomic E-state index is 4.30. The molecule has 17 heavy (non-hydrogen) atoms. The summed E-state index contributed by atoms with van der Waals surface area (Å²) in [6.45, 7) is 5.99. The summed E-state index contributed by atoms with van der Waals surface area (Å²) < 4.78 is 0. The summed E-state index contributed by atoms with van der Waals surface area (Å²) in [5, 5.41) is 6.67. The van der Waals surface area contributed by atoms with E-state index in [1.807, 2.05) is 6.07 Å². The minimum atomic E-state index is 0.873. The summed E-state index contributed by atoms with van der Waals surface area (Å²) in [5.74, 6) is 0. The average Bonchev–Trinajstić information content (AvgIpc) is 2.38. The molecule has 1 aromatic carbocycles. The summed E-state index contributed by atoms with van der Waals surface area (Å²) >= 11 is 0. The Bertz CT molecular complexity index is 470. The lowest BCUT2D eigenvalue weighted by Crippen LogP contribution is -2.26. The van der Waals surface area contributed by atoms with Gasteiger partial charge in [0.15, 0.2) is 0 Å². The number of hydrogen-bond acceptors (Lipinski definition) is 4. The van der Waals surface area contributed by atoms with Gasteiger partial charge in [-0.05, 0) is 24.2 Å². The van der Waals surface area contributed by atoms with Gasteiger partial charge in [-0.1, -0.05) is 13.0 Å². The fraction of sp³-hybridized carbons (Fsp3) is 0.385. The Kier molecular flexibility index (Phi) is 4.41. The van der Waals surface area contributed by atoms with Crippen LogP contribution >= 0.6 is 0 Å². The number of likely N-dealkylation sites (N-methyl/N-ethyl adjacent to an activating group) is 1. The minimum Gasteiger partial charge on any atom is -0.316 e. The van der Waals surface area contributed by atoms with Gasteiger partial charge in [-0.15, -0.1) is 0 Å². The van der Waals surface area contributed by atoms with Crippen molar-refractivity contribution in [1.29, 1.82) is 0 Å². The molecule has 90 valence electrons. The van der Waals surface area contributed by atoms with E-state index in [2.05, 4.69) is 39.7 Å². The second kappa shape index (κ2) is 6.27. The molecule has 1 heterocycles. The van der Waals surface area contributed by atoms with Crippen LogP contribution in [0.2, 0.25) is 0 Å². The fourth-order valence-electron chi connectivity index (χ4n) is 1.71. The zero-order valence-corrected chi connectivity index (χ0v) is 10.1. The third-order valence-corrected chi connectivity index (χ3v) is 2.59. The molecule has 0 fully saturated rings. The lowest BCUT2D eigenvalue weighted by molar-refractivity contribution is 0.625. The molecular weight excluding hydrogens is 212 g/mol. The number of hydrogen-bond donors (Lipinski definition) is 2. The SMILES string of the molecule is CCNCCNCc1ccc2nccnc2c1. The van der Waals surface area contributed by atoms with Gasteiger partial charge >= 0.3 is 0 Å². The summed E-state index contributed by atoms with van der Waals surface area (Å²) in [7, 11) is 0. The van der Waals surface area contributed by atoms with Crippen LogP contribution in [0.15, 0.2) is 30.6 Å². The quantitative estimate of drug-likeness (QED) is 0.735. The highest BCUT2D eigenvalue weighted by molar-refractivity contribution is 5.74. The molecule has 0 aliphatic carbocycles. The Morgan fingerprint density at radius 3 is 2.59 bits per heavy atom. The third kappa shape index (κ3) is 3.47. The minimum absolute atomic E-state index is 0.873. The molecule has 0 spiro atoms. The van der Waals surface area contributed by atoms with Crippen LogP contribution in [0.5, 0.6) is 0 Å². The van der Waals surface area contributed by atoms with Gasteiger partial charge in [0, 0.05) is 32.0 Å². The molecule has 0 saturated carbocycles. The molecule has 4 heteroatoms. The zero-order valence-electron chi connectivity index (χ0n) is 10.1. The Morgan fingerprint density at radius 2 is 1.76 bits per heavy atom. The van der Waals surface area contributed by atoms with Crippen molar-refractivity contribution < 1.29 is 0 Å². The summed E-state index contributed by atoms with van der Waals surface area (Å²) in [6.07, 6.45) is 3.45. The highest BCUT2D eigenvalue weighted by atomic mass is 14.9. The van der Waals surface area contributed by atoms with Gasteiger partial charge in [-0.2, -0.15) is 0 Å². The van der Waals surface area contributed by atoms with E-state index in [-0.39, 0.29) is 0 Å². The first kappa shape index (κ1) is 12.0. The van der Waals surface area contributed by atoms with Crippen molar-refractivity contribution in [1.82, 2.24) is 20.6 Å². The molecule has 0 saturated heterocycles. The number of fused-ring (bicyclic) bond motifs is 1. The zero-order chi connectivity index (χ0) is 11.9. The molecule has 0 aliphatic heterocycles. The molecule has 0 atom stereocenters. The van der Waals surface area contributed by atoms with Crippen LogP contribution in [-0.2, 0) is 6.54 Å². The predicted octanol–water partition coefficient (Wildman–Crippen LogP) is 1.33. The largest absolute Gasteiger partial charge is 0.316 e. The van der Waals surface area contributed by atoms with Gasteiger partial charge in [0.2, 0.25) is 0 Å². The molecule has 2 N–H and O–H groups in total. The smallest absolute Gasteiger partial charge is 0.0890 e. The van der Waals surface area contributed by atoms with E-state index in [4.69, 9.17) is 0 Å². The van der Waals surface area contributed by atoms with Crippen LogP contribution in [0.3, 0.4) is 0 Å². The van der Waals surface area contributed by atoms with E-state index in [1.54, 1.807) is 12.4 Å². The molecule has 0 amide bonds. The highest BCUT2D eigenvalue weighted by Gasteiger charge is 1.97. The van der Waals surface area contributed by atoms with Crippen molar-refractivity contribution in [2.75, 3.05) is 19.6 Å². The van der Waals surface area contributed by atoms with Gasteiger partial charge in [0.05, 0.1) is 11.0 Å². The van der Waals surface area contributed by atoms with Gasteiger partial charge in [-0.25, -0.2) is 0 Å². The Morgan fingerprint density at radius 1 is 1.00 bits per heavy atom. The highest BCUT2D eigenvalue weighted by Crippen LogP contribution is 2.10. The second-order valence-corrected chi connectivity index (χ2v) is 3.91. The van der Waals surface area contributed by atoms with Crippen LogP contribution in [0.1, 0.15) is 12.5 Å². The number of nitrogens with one attached hydrogen (secondary N) is 2. The van der Waals surface area contributed by atoms with Gasteiger partial charge in [0.1, 0.15) is 0 Å². The third-order valence-electron chi connectivity index (χ3n) is 2.59. The lowest BCUT2D eigenvalue weighted by atomic mass is 10.2. The van der Waals surface area contributed by atoms with Crippen LogP contribution in [-0.4, -0.2) is 29.6 Å². The number of aromatic nitrogens is 2. The van der Waals surface area contributed by atoms with Gasteiger partial charge in [0.25, 0.3) is 0 Å². The normalized spacial score (nSPS) is 10.9. The van der Waals surface area contributed by atoms with Crippen LogP contribution < -0.4 is 10.6 Å². The van der Waals surface area contributed by atoms with Crippen molar-refractivity contribution in [3.8, 4) is 0 Å². The Labute approximate surface area is 101 Å². The Balaban J connectivity index is 1.90. The molecule has 1 aromatic heterocycles. The molecule has 0 bridgehead atoms. The lowest BCUT2D eigenvalue weighted by Gasteiger charge is -2.06. The predicted molar refractivity (Wildman–Crippen MR) is 69.8 cm³/mol. The maximum Gasteiger partial charge on any atom is 0.0890 e. The van der Waals surface area contributed by atoms with Crippen LogP contribution in [0.4, 0.5) is 0 Å². The Hall–Kier alpha value is -1.52. The van der Waals surface area contributed by atoms with Crippen LogP contribution in [0.25, 0.3) is 11.0 Å². The monoisotopic (exact) mass is 230 g/mol. The van der Waals surface area contributed by atoms with E-state index in [1.165, 1.54) is 5.56 Å². The molecule has 2 aromatic rings. The molecule has 4 nitrogen and oxygen atoms in total. The topological polar surface area (TPSA) is 49.8 Å². The summed E-state index contributed by atoms with van der Waals surface area (Å²) in [6, 6.07) is 6.20. The first-order chi connectivity index (χ1) is 8.40. The van der Waals surface area contributed by atoms with Gasteiger partial charge < -0.3 is 10.6 Å². The maximum atomic E-state index is 4.30. The van der Waals surface area contributed by atoms with Gasteiger partial charge in [-0.3, -0.25) is 9.97 Å². The number of benzene rings is 1. The molecule has 0 unspecified atom stereocenters. The molecule has 0 radical (unpaired) electrons. The van der Waals surface area contributed by atoms with E-state index in [0.717, 1.165) is 37.2 Å². The first-order valence-corrected chi connectivity index (χ1v) is 6.01. The van der Waals surface area contributed by atoms with Crippen LogP contribution in [0, 0.1) is 0 Å². The van der Waals surface area contributed by atoms with Crippen molar-refractivity contribution >= 4 is 11.0 Å². The van der Waals surface area contributed by atoms with Crippen molar-refractivity contribution in [2.45, 2.75) is 13.5 Å². The molecular formula is C13H18N4. The van der Waals surface area contributed by atoms with E-state index >= 15 is 0 Å². The average molecular weight is 230 g/mol. The van der Waals surface area contributed by atoms with Crippen molar-refractivity contribution in [2.24, 2.45) is 0 Å². The number of nitrogens with zero attached hydrogens (tertiary/aromatic N) is 2. The van der Waals surface area contributed by atoms with E-state index < -0.39 is 0 Å². The second-order valence-electron chi connectivity index (χ2n) is 3.91. The fourth-order valence-corrected chi connectivity index (χ4v) is 1.71. The first-order valence-electron chi connectivity index (χ1n) is 6.01. The van der Waals surface area contributed by atoms with Crippen molar-refractivity contribution in [3.05, 3.63) is 36.2 Å². The summed E-state index contributed by atoms with van der Waals surface area (Å²) in [5.41, 5.74) is 3.15. The molecule has 2 rings (SSSR count). The molecule has 0 aliphatic rings.